The molecule has 2 heteroatoms. The summed E-state index contributed by atoms with van der Waals surface area (Å²) >= 11 is 0. The van der Waals surface area contributed by atoms with E-state index >= 15 is 0 Å². The van der Waals surface area contributed by atoms with Crippen molar-refractivity contribution in [3.8, 4) is 0 Å². The van der Waals surface area contributed by atoms with Gasteiger partial charge in [0.25, 0.3) is 0 Å². The van der Waals surface area contributed by atoms with E-state index < -0.39 is 0 Å². The van der Waals surface area contributed by atoms with Crippen molar-refractivity contribution in [1.82, 2.24) is 5.32 Å². The van der Waals surface area contributed by atoms with E-state index in [2.05, 4.69) is 46.5 Å². The van der Waals surface area contributed by atoms with Crippen molar-refractivity contribution in [3.05, 3.63) is 12.7 Å². The normalized spacial score (nSPS) is 15.4. The molecule has 0 radical (unpaired) electrons. The molecule has 0 aliphatic carbocycles. The Bertz CT molecular complexity index is 208. The number of hydrogen-bond donors (Lipinski definition) is 1. The van der Waals surface area contributed by atoms with Crippen LogP contribution < -0.4 is 5.32 Å². The lowest BCUT2D eigenvalue weighted by atomic mass is 9.82. The first-order valence-corrected chi connectivity index (χ1v) is 7.43. The van der Waals surface area contributed by atoms with Crippen LogP contribution in [0.15, 0.2) is 12.7 Å². The summed E-state index contributed by atoms with van der Waals surface area (Å²) in [7, 11) is 0. The molecule has 0 rings (SSSR count). The van der Waals surface area contributed by atoms with Gasteiger partial charge in [0.1, 0.15) is 0 Å². The Morgan fingerprint density at radius 3 is 2.39 bits per heavy atom. The number of hydrogen-bond acceptors (Lipinski definition) is 2. The van der Waals surface area contributed by atoms with E-state index in [4.69, 9.17) is 4.74 Å². The standard InChI is InChI=1S/C16H33NO/c1-7-10-11-12-14(17-13-8-2)15(18-9-3)16(4,5)6/h7,14-15,17H,1,8-13H2,2-6H3. The number of ether oxygens (including phenoxy) is 1. The molecular weight excluding hydrogens is 222 g/mol. The quantitative estimate of drug-likeness (QED) is 0.467. The van der Waals surface area contributed by atoms with E-state index in [0.717, 1.165) is 26.0 Å². The topological polar surface area (TPSA) is 21.3 Å². The molecule has 108 valence electrons. The van der Waals surface area contributed by atoms with E-state index in [1.807, 2.05) is 6.08 Å². The van der Waals surface area contributed by atoms with Gasteiger partial charge in [-0.15, -0.1) is 6.58 Å². The largest absolute Gasteiger partial charge is 0.376 e. The summed E-state index contributed by atoms with van der Waals surface area (Å²) in [5.74, 6) is 0. The lowest BCUT2D eigenvalue weighted by Gasteiger charge is -2.37. The van der Waals surface area contributed by atoms with Crippen LogP contribution in [0.1, 0.15) is 60.3 Å². The molecule has 1 N–H and O–H groups in total. The third-order valence-electron chi connectivity index (χ3n) is 3.15. The summed E-state index contributed by atoms with van der Waals surface area (Å²) in [6, 6.07) is 0.449. The summed E-state index contributed by atoms with van der Waals surface area (Å²) in [6.45, 7) is 16.7. The molecule has 0 heterocycles. The molecule has 0 aromatic carbocycles. The second-order valence-corrected chi connectivity index (χ2v) is 6.02. The molecule has 0 bridgehead atoms. The van der Waals surface area contributed by atoms with Crippen LogP contribution in [0.2, 0.25) is 0 Å². The first kappa shape index (κ1) is 17.7. The number of unbranched alkanes of at least 4 members (excludes halogenated alkanes) is 1. The molecule has 0 aliphatic rings. The maximum absolute atomic E-state index is 6.01. The molecule has 0 saturated carbocycles. The Hall–Kier alpha value is -0.340. The second kappa shape index (κ2) is 9.57. The maximum Gasteiger partial charge on any atom is 0.0775 e. The van der Waals surface area contributed by atoms with Crippen LogP contribution in [0.3, 0.4) is 0 Å². The highest BCUT2D eigenvalue weighted by molar-refractivity contribution is 4.87. The molecule has 0 spiro atoms. The van der Waals surface area contributed by atoms with Crippen LogP contribution in [0, 0.1) is 5.41 Å². The Kier molecular flexibility index (Phi) is 9.39. The highest BCUT2D eigenvalue weighted by Crippen LogP contribution is 2.27. The van der Waals surface area contributed by atoms with E-state index in [-0.39, 0.29) is 11.5 Å². The van der Waals surface area contributed by atoms with Crippen molar-refractivity contribution in [3.63, 3.8) is 0 Å². The minimum atomic E-state index is 0.176. The van der Waals surface area contributed by atoms with Crippen LogP contribution in [0.5, 0.6) is 0 Å². The molecule has 0 fully saturated rings. The van der Waals surface area contributed by atoms with Crippen molar-refractivity contribution in [2.45, 2.75) is 72.4 Å². The predicted molar refractivity (Wildman–Crippen MR) is 81.0 cm³/mol. The Labute approximate surface area is 114 Å². The molecule has 2 atom stereocenters. The van der Waals surface area contributed by atoms with Crippen LogP contribution in [-0.2, 0) is 4.74 Å². The molecule has 0 aromatic rings. The summed E-state index contributed by atoms with van der Waals surface area (Å²) in [5, 5.41) is 3.66. The smallest absolute Gasteiger partial charge is 0.0775 e. The Morgan fingerprint density at radius 2 is 1.94 bits per heavy atom. The Morgan fingerprint density at radius 1 is 1.28 bits per heavy atom. The fraction of sp³-hybridized carbons (Fsp3) is 0.875. The first-order valence-electron chi connectivity index (χ1n) is 7.43. The predicted octanol–water partition coefficient (Wildman–Crippen LogP) is 4.16. The second-order valence-electron chi connectivity index (χ2n) is 6.02. The lowest BCUT2D eigenvalue weighted by molar-refractivity contribution is -0.0376. The minimum Gasteiger partial charge on any atom is -0.376 e. The molecule has 0 aromatic heterocycles. The first-order chi connectivity index (χ1) is 8.47. The molecule has 18 heavy (non-hydrogen) atoms. The van der Waals surface area contributed by atoms with Gasteiger partial charge in [0, 0.05) is 12.6 Å². The lowest BCUT2D eigenvalue weighted by Crippen LogP contribution is -2.48. The van der Waals surface area contributed by atoms with Crippen molar-refractivity contribution in [2.24, 2.45) is 5.41 Å². The van der Waals surface area contributed by atoms with Gasteiger partial charge in [0.2, 0.25) is 0 Å². The van der Waals surface area contributed by atoms with Crippen LogP contribution >= 0.6 is 0 Å². The van der Waals surface area contributed by atoms with E-state index in [0.29, 0.717) is 6.04 Å². The monoisotopic (exact) mass is 255 g/mol. The maximum atomic E-state index is 6.01. The molecule has 0 amide bonds. The van der Waals surface area contributed by atoms with E-state index in [9.17, 15) is 0 Å². The fourth-order valence-electron chi connectivity index (χ4n) is 2.32. The SMILES string of the molecule is C=CCCCC(NCCC)C(OCC)C(C)(C)C. The van der Waals surface area contributed by atoms with Crippen molar-refractivity contribution < 1.29 is 4.74 Å². The third kappa shape index (κ3) is 7.17. The highest BCUT2D eigenvalue weighted by Gasteiger charge is 2.32. The number of rotatable bonds is 10. The summed E-state index contributed by atoms with van der Waals surface area (Å²) in [6.07, 6.45) is 6.88. The zero-order valence-corrected chi connectivity index (χ0v) is 13.1. The van der Waals surface area contributed by atoms with Gasteiger partial charge >= 0.3 is 0 Å². The van der Waals surface area contributed by atoms with E-state index in [1.54, 1.807) is 0 Å². The summed E-state index contributed by atoms with van der Waals surface area (Å²) in [5.41, 5.74) is 0.176. The molecule has 0 aliphatic heterocycles. The third-order valence-corrected chi connectivity index (χ3v) is 3.15. The van der Waals surface area contributed by atoms with Crippen LogP contribution in [0.4, 0.5) is 0 Å². The van der Waals surface area contributed by atoms with Gasteiger partial charge in [0.15, 0.2) is 0 Å². The summed E-state index contributed by atoms with van der Waals surface area (Å²) in [4.78, 5) is 0. The average Bonchev–Trinajstić information content (AvgIpc) is 2.30. The van der Waals surface area contributed by atoms with Crippen molar-refractivity contribution >= 4 is 0 Å². The van der Waals surface area contributed by atoms with Gasteiger partial charge in [-0.2, -0.15) is 0 Å². The minimum absolute atomic E-state index is 0.176. The molecule has 2 nitrogen and oxygen atoms in total. The fourth-order valence-corrected chi connectivity index (χ4v) is 2.32. The van der Waals surface area contributed by atoms with Gasteiger partial charge in [-0.25, -0.2) is 0 Å². The van der Waals surface area contributed by atoms with Crippen LogP contribution in [0.25, 0.3) is 0 Å². The van der Waals surface area contributed by atoms with Gasteiger partial charge in [-0.05, 0) is 44.6 Å². The number of nitrogens with one attached hydrogen (secondary N) is 1. The van der Waals surface area contributed by atoms with Crippen molar-refractivity contribution in [1.29, 1.82) is 0 Å². The molecular formula is C16H33NO. The van der Waals surface area contributed by atoms with Crippen LogP contribution in [-0.4, -0.2) is 25.3 Å². The van der Waals surface area contributed by atoms with Gasteiger partial charge in [0.05, 0.1) is 6.10 Å². The molecule has 0 saturated heterocycles. The zero-order valence-electron chi connectivity index (χ0n) is 13.1. The number of allylic oxidation sites excluding steroid dienone is 1. The summed E-state index contributed by atoms with van der Waals surface area (Å²) < 4.78 is 6.01. The van der Waals surface area contributed by atoms with Crippen molar-refractivity contribution in [2.75, 3.05) is 13.2 Å². The molecule has 2 unspecified atom stereocenters. The van der Waals surface area contributed by atoms with E-state index in [1.165, 1.54) is 12.8 Å². The Balaban J connectivity index is 4.57. The highest BCUT2D eigenvalue weighted by atomic mass is 16.5. The zero-order chi connectivity index (χ0) is 14.0. The average molecular weight is 255 g/mol. The van der Waals surface area contributed by atoms with Gasteiger partial charge in [-0.1, -0.05) is 33.8 Å². The van der Waals surface area contributed by atoms with Gasteiger partial charge < -0.3 is 10.1 Å². The van der Waals surface area contributed by atoms with Gasteiger partial charge in [-0.3, -0.25) is 0 Å².